The molecule has 1 aromatic carbocycles. The van der Waals surface area contributed by atoms with Gasteiger partial charge in [0.1, 0.15) is 18.8 Å². The van der Waals surface area contributed by atoms with E-state index in [1.807, 2.05) is 12.1 Å². The van der Waals surface area contributed by atoms with Crippen molar-refractivity contribution in [3.63, 3.8) is 0 Å². The number of fused-ring (bicyclic) bond motifs is 1. The number of hydrogen-bond acceptors (Lipinski definition) is 5. The standard InChI is InChI=1S/C15H20N2O4/c1-19-12-8-17(9-13(12)20-2)15(18)10-4-3-5-11-14(10)21-7-6-16-11/h3-5,12-13,16H,6-9H2,1-2H3. The van der Waals surface area contributed by atoms with E-state index in [4.69, 9.17) is 14.2 Å². The number of ether oxygens (including phenoxy) is 3. The Hall–Kier alpha value is -1.79. The van der Waals surface area contributed by atoms with Gasteiger partial charge in [-0.15, -0.1) is 0 Å². The Kier molecular flexibility index (Phi) is 3.98. The third kappa shape index (κ3) is 2.56. The lowest BCUT2D eigenvalue weighted by atomic mass is 10.1. The lowest BCUT2D eigenvalue weighted by molar-refractivity contribution is -0.00461. The molecule has 0 saturated carbocycles. The summed E-state index contributed by atoms with van der Waals surface area (Å²) < 4.78 is 16.4. The lowest BCUT2D eigenvalue weighted by Gasteiger charge is -2.23. The average molecular weight is 292 g/mol. The molecule has 114 valence electrons. The van der Waals surface area contributed by atoms with Crippen LogP contribution in [-0.2, 0) is 9.47 Å². The molecule has 0 radical (unpaired) electrons. The molecule has 2 atom stereocenters. The number of nitrogens with one attached hydrogen (secondary N) is 1. The summed E-state index contributed by atoms with van der Waals surface area (Å²) >= 11 is 0. The molecule has 0 bridgehead atoms. The van der Waals surface area contributed by atoms with Crippen LogP contribution in [0.4, 0.5) is 5.69 Å². The van der Waals surface area contributed by atoms with Gasteiger partial charge in [-0.2, -0.15) is 0 Å². The van der Waals surface area contributed by atoms with Gasteiger partial charge < -0.3 is 24.4 Å². The number of nitrogens with zero attached hydrogens (tertiary/aromatic N) is 1. The molecule has 2 heterocycles. The highest BCUT2D eigenvalue weighted by Crippen LogP contribution is 2.32. The Morgan fingerprint density at radius 1 is 1.29 bits per heavy atom. The summed E-state index contributed by atoms with van der Waals surface area (Å²) in [4.78, 5) is 14.5. The van der Waals surface area contributed by atoms with Crippen LogP contribution in [0.2, 0.25) is 0 Å². The number of carbonyl (C=O) groups is 1. The number of hydrogen-bond donors (Lipinski definition) is 1. The number of methoxy groups -OCH3 is 2. The van der Waals surface area contributed by atoms with E-state index in [1.165, 1.54) is 0 Å². The van der Waals surface area contributed by atoms with Crippen molar-refractivity contribution in [1.29, 1.82) is 0 Å². The highest BCUT2D eigenvalue weighted by Gasteiger charge is 2.37. The number of carbonyl (C=O) groups excluding carboxylic acids is 1. The predicted octanol–water partition coefficient (Wildman–Crippen LogP) is 0.977. The van der Waals surface area contributed by atoms with Crippen molar-refractivity contribution in [2.24, 2.45) is 0 Å². The molecule has 6 heteroatoms. The van der Waals surface area contributed by atoms with Crippen LogP contribution in [0, 0.1) is 0 Å². The number of amides is 1. The minimum absolute atomic E-state index is 0.0443. The summed E-state index contributed by atoms with van der Waals surface area (Å²) in [6.07, 6.45) is -0.171. The van der Waals surface area contributed by atoms with Crippen LogP contribution in [0.1, 0.15) is 10.4 Å². The van der Waals surface area contributed by atoms with Crippen LogP contribution in [0.3, 0.4) is 0 Å². The molecule has 0 spiro atoms. The van der Waals surface area contributed by atoms with Gasteiger partial charge in [-0.25, -0.2) is 0 Å². The Morgan fingerprint density at radius 3 is 2.67 bits per heavy atom. The molecule has 3 rings (SSSR count). The van der Waals surface area contributed by atoms with E-state index in [-0.39, 0.29) is 18.1 Å². The van der Waals surface area contributed by atoms with Gasteiger partial charge >= 0.3 is 0 Å². The summed E-state index contributed by atoms with van der Waals surface area (Å²) in [5.41, 5.74) is 1.46. The first kappa shape index (κ1) is 14.2. The van der Waals surface area contributed by atoms with E-state index in [2.05, 4.69) is 5.32 Å². The zero-order valence-corrected chi connectivity index (χ0v) is 12.3. The van der Waals surface area contributed by atoms with Crippen molar-refractivity contribution in [2.75, 3.05) is 45.8 Å². The summed E-state index contributed by atoms with van der Waals surface area (Å²) in [6, 6.07) is 5.59. The highest BCUT2D eigenvalue weighted by molar-refractivity contribution is 5.99. The van der Waals surface area contributed by atoms with Crippen LogP contribution in [0.5, 0.6) is 5.75 Å². The maximum absolute atomic E-state index is 12.7. The summed E-state index contributed by atoms with van der Waals surface area (Å²) in [7, 11) is 3.28. The van der Waals surface area contributed by atoms with Crippen molar-refractivity contribution in [2.45, 2.75) is 12.2 Å². The van der Waals surface area contributed by atoms with Crippen LogP contribution in [0.25, 0.3) is 0 Å². The van der Waals surface area contributed by atoms with Gasteiger partial charge in [0.25, 0.3) is 5.91 Å². The number of likely N-dealkylation sites (tertiary alicyclic amines) is 1. The van der Waals surface area contributed by atoms with Crippen LogP contribution < -0.4 is 10.1 Å². The van der Waals surface area contributed by atoms with Gasteiger partial charge in [-0.1, -0.05) is 6.07 Å². The van der Waals surface area contributed by atoms with E-state index in [1.54, 1.807) is 25.2 Å². The smallest absolute Gasteiger partial charge is 0.257 e. The minimum atomic E-state index is -0.0856. The fraction of sp³-hybridized carbons (Fsp3) is 0.533. The molecule has 0 aliphatic carbocycles. The Bertz CT molecular complexity index is 522. The maximum atomic E-state index is 12.7. The average Bonchev–Trinajstić information content (AvgIpc) is 2.97. The zero-order valence-electron chi connectivity index (χ0n) is 12.3. The predicted molar refractivity (Wildman–Crippen MR) is 77.9 cm³/mol. The molecule has 1 fully saturated rings. The quantitative estimate of drug-likeness (QED) is 0.900. The van der Waals surface area contributed by atoms with Crippen LogP contribution >= 0.6 is 0 Å². The molecular weight excluding hydrogens is 272 g/mol. The van der Waals surface area contributed by atoms with Crippen molar-refractivity contribution in [1.82, 2.24) is 4.90 Å². The molecule has 2 aliphatic rings. The molecule has 21 heavy (non-hydrogen) atoms. The molecule has 1 amide bonds. The summed E-state index contributed by atoms with van der Waals surface area (Å²) in [5.74, 6) is 0.598. The number of rotatable bonds is 3. The van der Waals surface area contributed by atoms with Gasteiger partial charge in [0.15, 0.2) is 5.75 Å². The molecule has 1 saturated heterocycles. The van der Waals surface area contributed by atoms with Gasteiger partial charge in [-0.05, 0) is 12.1 Å². The maximum Gasteiger partial charge on any atom is 0.257 e. The lowest BCUT2D eigenvalue weighted by Crippen LogP contribution is -2.31. The first-order valence-electron chi connectivity index (χ1n) is 7.09. The van der Waals surface area contributed by atoms with Crippen LogP contribution in [-0.4, -0.2) is 63.5 Å². The van der Waals surface area contributed by atoms with Crippen molar-refractivity contribution in [3.8, 4) is 5.75 Å². The van der Waals surface area contributed by atoms with E-state index >= 15 is 0 Å². The van der Waals surface area contributed by atoms with Gasteiger partial charge in [-0.3, -0.25) is 4.79 Å². The molecular formula is C15H20N2O4. The highest BCUT2D eigenvalue weighted by atomic mass is 16.5. The van der Waals surface area contributed by atoms with Crippen LogP contribution in [0.15, 0.2) is 18.2 Å². The number of para-hydroxylation sites is 1. The molecule has 0 aromatic heterocycles. The zero-order chi connectivity index (χ0) is 14.8. The minimum Gasteiger partial charge on any atom is -0.489 e. The fourth-order valence-corrected chi connectivity index (χ4v) is 2.87. The Labute approximate surface area is 124 Å². The third-order valence-electron chi connectivity index (χ3n) is 4.02. The normalized spacial score (nSPS) is 24.2. The second kappa shape index (κ2) is 5.91. The number of benzene rings is 1. The van der Waals surface area contributed by atoms with E-state index in [0.717, 1.165) is 12.2 Å². The van der Waals surface area contributed by atoms with Crippen molar-refractivity contribution < 1.29 is 19.0 Å². The van der Waals surface area contributed by atoms with Gasteiger partial charge in [0.2, 0.25) is 0 Å². The van der Waals surface area contributed by atoms with E-state index < -0.39 is 0 Å². The Balaban J connectivity index is 1.83. The van der Waals surface area contributed by atoms with E-state index in [0.29, 0.717) is 31.0 Å². The second-order valence-corrected chi connectivity index (χ2v) is 5.22. The van der Waals surface area contributed by atoms with Gasteiger partial charge in [0.05, 0.1) is 11.3 Å². The first-order valence-corrected chi connectivity index (χ1v) is 7.09. The topological polar surface area (TPSA) is 60.0 Å². The van der Waals surface area contributed by atoms with Crippen molar-refractivity contribution >= 4 is 11.6 Å². The van der Waals surface area contributed by atoms with E-state index in [9.17, 15) is 4.79 Å². The molecule has 2 aliphatic heterocycles. The molecule has 1 N–H and O–H groups in total. The van der Waals surface area contributed by atoms with Gasteiger partial charge in [0, 0.05) is 33.9 Å². The fourth-order valence-electron chi connectivity index (χ4n) is 2.87. The number of anilines is 1. The SMILES string of the molecule is COC1CN(C(=O)c2cccc3c2OCCN3)CC1OC. The first-order chi connectivity index (χ1) is 10.2. The monoisotopic (exact) mass is 292 g/mol. The summed E-state index contributed by atoms with van der Waals surface area (Å²) in [5, 5.41) is 3.24. The largest absolute Gasteiger partial charge is 0.489 e. The second-order valence-electron chi connectivity index (χ2n) is 5.22. The molecule has 1 aromatic rings. The van der Waals surface area contributed by atoms with Crippen molar-refractivity contribution in [3.05, 3.63) is 23.8 Å². The Morgan fingerprint density at radius 2 is 2.00 bits per heavy atom. The third-order valence-corrected chi connectivity index (χ3v) is 4.02. The molecule has 2 unspecified atom stereocenters. The molecule has 6 nitrogen and oxygen atoms in total. The summed E-state index contributed by atoms with van der Waals surface area (Å²) in [6.45, 7) is 2.39.